The lowest BCUT2D eigenvalue weighted by atomic mass is 10.1. The van der Waals surface area contributed by atoms with E-state index >= 15 is 0 Å². The molecule has 0 fully saturated rings. The second kappa shape index (κ2) is 13.2. The van der Waals surface area contributed by atoms with Gasteiger partial charge in [0.2, 0.25) is 11.8 Å². The number of nitrogens with zero attached hydrogens (tertiary/aromatic N) is 3. The molecule has 8 nitrogen and oxygen atoms in total. The molecule has 2 aromatic rings. The highest BCUT2D eigenvalue weighted by Gasteiger charge is 2.33. The van der Waals surface area contributed by atoms with Crippen LogP contribution in [0.3, 0.4) is 0 Å². The molecular weight excluding hydrogens is 530 g/mol. The van der Waals surface area contributed by atoms with Crippen LogP contribution in [-0.4, -0.2) is 62.7 Å². The molecule has 0 unspecified atom stereocenters. The van der Waals surface area contributed by atoms with Crippen LogP contribution in [0, 0.1) is 5.82 Å². The number of unbranched alkanes of at least 4 members (excludes halogenated alkanes) is 1. The molecule has 0 saturated heterocycles. The molecular formula is C24H31Cl2FN4O4S. The highest BCUT2D eigenvalue weighted by molar-refractivity contribution is 7.90. The van der Waals surface area contributed by atoms with Crippen molar-refractivity contribution in [1.29, 1.82) is 0 Å². The van der Waals surface area contributed by atoms with Crippen LogP contribution in [-0.2, 0) is 26.3 Å². The molecule has 0 bridgehead atoms. The van der Waals surface area contributed by atoms with Crippen molar-refractivity contribution in [3.8, 4) is 0 Å². The largest absolute Gasteiger partial charge is 0.354 e. The maximum atomic E-state index is 14.6. The third kappa shape index (κ3) is 7.55. The summed E-state index contributed by atoms with van der Waals surface area (Å²) in [5, 5.41) is 3.38. The lowest BCUT2D eigenvalue weighted by molar-refractivity contribution is -0.139. The quantitative estimate of drug-likeness (QED) is 0.396. The van der Waals surface area contributed by atoms with Crippen LogP contribution >= 0.6 is 23.2 Å². The Labute approximate surface area is 222 Å². The summed E-state index contributed by atoms with van der Waals surface area (Å²) in [6.07, 6.45) is 1.64. The van der Waals surface area contributed by atoms with E-state index in [1.807, 2.05) is 6.92 Å². The van der Waals surface area contributed by atoms with Gasteiger partial charge in [-0.2, -0.15) is 12.7 Å². The molecule has 198 valence electrons. The Hall–Kier alpha value is -2.40. The Morgan fingerprint density at radius 3 is 2.33 bits per heavy atom. The van der Waals surface area contributed by atoms with Gasteiger partial charge in [-0.05, 0) is 43.2 Å². The zero-order valence-corrected chi connectivity index (χ0v) is 23.0. The molecule has 0 heterocycles. The molecule has 0 aliphatic rings. The fourth-order valence-corrected chi connectivity index (χ4v) is 4.69. The van der Waals surface area contributed by atoms with E-state index in [4.69, 9.17) is 23.2 Å². The Morgan fingerprint density at radius 1 is 1.08 bits per heavy atom. The van der Waals surface area contributed by atoms with Gasteiger partial charge in [0.15, 0.2) is 0 Å². The van der Waals surface area contributed by atoms with Gasteiger partial charge in [0.1, 0.15) is 18.4 Å². The molecule has 0 aromatic heterocycles. The molecule has 1 atom stereocenters. The average Bonchev–Trinajstić information content (AvgIpc) is 2.83. The average molecular weight is 562 g/mol. The van der Waals surface area contributed by atoms with Gasteiger partial charge in [-0.25, -0.2) is 8.70 Å². The van der Waals surface area contributed by atoms with E-state index in [9.17, 15) is 22.4 Å². The van der Waals surface area contributed by atoms with Crippen molar-refractivity contribution in [3.63, 3.8) is 0 Å². The number of halogens is 3. The molecule has 0 aliphatic carbocycles. The summed E-state index contributed by atoms with van der Waals surface area (Å²) < 4.78 is 42.3. The molecule has 0 saturated carbocycles. The Balaban J connectivity index is 2.45. The number of amides is 2. The van der Waals surface area contributed by atoms with Crippen LogP contribution in [0.25, 0.3) is 0 Å². The molecule has 2 rings (SSSR count). The van der Waals surface area contributed by atoms with Crippen molar-refractivity contribution < 1.29 is 22.4 Å². The number of nitrogens with one attached hydrogen (secondary N) is 1. The monoisotopic (exact) mass is 560 g/mol. The highest BCUT2D eigenvalue weighted by Crippen LogP contribution is 2.26. The third-order valence-electron chi connectivity index (χ3n) is 5.47. The molecule has 1 N–H and O–H groups in total. The molecule has 12 heteroatoms. The zero-order chi connectivity index (χ0) is 27.0. The standard InChI is InChI=1S/C24H31Cl2FN4O4S/c1-5-6-13-28-24(33)17(2)30(15-18-11-12-19(25)20(26)14-18)23(32)16-31(36(34,35)29(3)4)22-10-8-7-9-21(22)27/h7-12,14,17H,5-6,13,15-16H2,1-4H3,(H,28,33)/t17-/m1/s1. The summed E-state index contributed by atoms with van der Waals surface area (Å²) >= 11 is 12.1. The number of rotatable bonds is 12. The number of carbonyl (C=O) groups is 2. The minimum absolute atomic E-state index is 0.0504. The van der Waals surface area contributed by atoms with Crippen LogP contribution in [0.15, 0.2) is 42.5 Å². The summed E-state index contributed by atoms with van der Waals surface area (Å²) in [7, 11) is -1.69. The van der Waals surface area contributed by atoms with Crippen LogP contribution in [0.2, 0.25) is 10.0 Å². The van der Waals surface area contributed by atoms with Gasteiger partial charge in [-0.15, -0.1) is 0 Å². The first kappa shape index (κ1) is 29.8. The minimum Gasteiger partial charge on any atom is -0.354 e. The van der Waals surface area contributed by atoms with Crippen LogP contribution in [0.1, 0.15) is 32.3 Å². The molecule has 2 aromatic carbocycles. The zero-order valence-electron chi connectivity index (χ0n) is 20.7. The van der Waals surface area contributed by atoms with Crippen molar-refractivity contribution in [1.82, 2.24) is 14.5 Å². The molecule has 2 amide bonds. The number of carbonyl (C=O) groups excluding carboxylic acids is 2. The van der Waals surface area contributed by atoms with E-state index in [2.05, 4.69) is 5.32 Å². The van der Waals surface area contributed by atoms with Gasteiger partial charge < -0.3 is 10.2 Å². The number of anilines is 1. The van der Waals surface area contributed by atoms with Crippen molar-refractivity contribution >= 4 is 50.9 Å². The second-order valence-electron chi connectivity index (χ2n) is 8.34. The van der Waals surface area contributed by atoms with E-state index < -0.39 is 40.4 Å². The second-order valence-corrected chi connectivity index (χ2v) is 11.2. The van der Waals surface area contributed by atoms with Gasteiger partial charge in [-0.3, -0.25) is 9.59 Å². The summed E-state index contributed by atoms with van der Waals surface area (Å²) in [6, 6.07) is 9.10. The number of benzene rings is 2. The highest BCUT2D eigenvalue weighted by atomic mass is 35.5. The number of hydrogen-bond acceptors (Lipinski definition) is 4. The maximum Gasteiger partial charge on any atom is 0.304 e. The van der Waals surface area contributed by atoms with Gasteiger partial charge >= 0.3 is 10.2 Å². The van der Waals surface area contributed by atoms with Crippen molar-refractivity contribution in [2.75, 3.05) is 31.5 Å². The fourth-order valence-electron chi connectivity index (χ4n) is 3.31. The lowest BCUT2D eigenvalue weighted by Gasteiger charge is -2.33. The topological polar surface area (TPSA) is 90.0 Å². The van der Waals surface area contributed by atoms with Gasteiger partial charge in [-0.1, -0.05) is 54.7 Å². The van der Waals surface area contributed by atoms with Gasteiger partial charge in [0.05, 0.1) is 15.7 Å². The van der Waals surface area contributed by atoms with Crippen molar-refractivity contribution in [3.05, 3.63) is 63.9 Å². The van der Waals surface area contributed by atoms with Crippen LogP contribution in [0.5, 0.6) is 0 Å². The predicted molar refractivity (Wildman–Crippen MR) is 141 cm³/mol. The lowest BCUT2D eigenvalue weighted by Crippen LogP contribution is -2.52. The summed E-state index contributed by atoms with van der Waals surface area (Å²) in [5.74, 6) is -1.91. The minimum atomic E-state index is -4.25. The molecule has 0 spiro atoms. The van der Waals surface area contributed by atoms with Crippen molar-refractivity contribution in [2.24, 2.45) is 0 Å². The van der Waals surface area contributed by atoms with E-state index in [1.54, 1.807) is 25.1 Å². The summed E-state index contributed by atoms with van der Waals surface area (Å²) in [4.78, 5) is 27.7. The molecule has 36 heavy (non-hydrogen) atoms. The Bertz CT molecular complexity index is 1180. The molecule has 0 radical (unpaired) electrons. The summed E-state index contributed by atoms with van der Waals surface area (Å²) in [5.41, 5.74) is 0.299. The first-order valence-electron chi connectivity index (χ1n) is 11.4. The molecule has 0 aliphatic heterocycles. The van der Waals surface area contributed by atoms with E-state index in [-0.39, 0.29) is 17.3 Å². The Morgan fingerprint density at radius 2 is 1.75 bits per heavy atom. The fraction of sp³-hybridized carbons (Fsp3) is 0.417. The van der Waals surface area contributed by atoms with Crippen LogP contribution < -0.4 is 9.62 Å². The Kier molecular flexibility index (Phi) is 11.0. The van der Waals surface area contributed by atoms with E-state index in [0.717, 1.165) is 23.2 Å². The van der Waals surface area contributed by atoms with Gasteiger partial charge in [0.25, 0.3) is 0 Å². The SMILES string of the molecule is CCCCNC(=O)[C@@H](C)N(Cc1ccc(Cl)c(Cl)c1)C(=O)CN(c1ccccc1F)S(=O)(=O)N(C)C. The maximum absolute atomic E-state index is 14.6. The normalized spacial score (nSPS) is 12.3. The number of hydrogen-bond donors (Lipinski definition) is 1. The first-order valence-corrected chi connectivity index (χ1v) is 13.5. The van der Waals surface area contributed by atoms with E-state index in [0.29, 0.717) is 21.4 Å². The van der Waals surface area contributed by atoms with Crippen molar-refractivity contribution in [2.45, 2.75) is 39.3 Å². The first-order chi connectivity index (χ1) is 16.9. The van der Waals surface area contributed by atoms with Gasteiger partial charge in [0, 0.05) is 27.2 Å². The third-order valence-corrected chi connectivity index (χ3v) is 8.02. The van der Waals surface area contributed by atoms with Crippen LogP contribution in [0.4, 0.5) is 10.1 Å². The van der Waals surface area contributed by atoms with E-state index in [1.165, 1.54) is 37.2 Å². The predicted octanol–water partition coefficient (Wildman–Crippen LogP) is 4.08. The summed E-state index contributed by atoms with van der Waals surface area (Å²) in [6.45, 7) is 3.19. The number of para-hydroxylation sites is 1. The smallest absolute Gasteiger partial charge is 0.304 e.